The molecule has 0 spiro atoms. The zero-order valence-corrected chi connectivity index (χ0v) is 24.3. The molecule has 7 heteroatoms. The van der Waals surface area contributed by atoms with E-state index in [0.29, 0.717) is 16.7 Å². The Morgan fingerprint density at radius 1 is 0.405 bits per heavy atom. The summed E-state index contributed by atoms with van der Waals surface area (Å²) in [7, 11) is 0. The molecule has 3 aromatic rings. The Hall–Kier alpha value is -3.36. The van der Waals surface area contributed by atoms with E-state index in [1.165, 1.54) is 40.0 Å². The van der Waals surface area contributed by atoms with Crippen LogP contribution >= 0.6 is 0 Å². The van der Waals surface area contributed by atoms with Crippen LogP contribution in [0.4, 0.5) is 0 Å². The van der Waals surface area contributed by atoms with E-state index in [4.69, 9.17) is 14.4 Å². The molecule has 3 rings (SSSR count). The molecule has 6 nitrogen and oxygen atoms in total. The Bertz CT molecular complexity index is 1020. The van der Waals surface area contributed by atoms with E-state index >= 15 is 0 Å². The van der Waals surface area contributed by atoms with Crippen LogP contribution in [0.3, 0.4) is 0 Å². The van der Waals surface area contributed by atoms with E-state index in [1.54, 1.807) is 36.4 Å². The summed E-state index contributed by atoms with van der Waals surface area (Å²) in [6, 6.07) is 27.2. The maximum atomic E-state index is 9.37. The van der Waals surface area contributed by atoms with E-state index in [2.05, 4.69) is 0 Å². The molecule has 0 atom stereocenters. The zero-order chi connectivity index (χ0) is 26.9. The minimum atomic E-state index is 0. The van der Waals surface area contributed by atoms with Crippen LogP contribution in [0.1, 0.15) is 37.5 Å². The van der Waals surface area contributed by atoms with Gasteiger partial charge in [-0.3, -0.25) is 14.4 Å². The first-order chi connectivity index (χ1) is 17.1. The van der Waals surface area contributed by atoms with Crippen molar-refractivity contribution in [2.75, 3.05) is 0 Å². The van der Waals surface area contributed by atoms with Crippen molar-refractivity contribution in [2.24, 2.45) is 0 Å². The van der Waals surface area contributed by atoms with Crippen LogP contribution in [0.2, 0.25) is 0 Å². The fourth-order valence-electron chi connectivity index (χ4n) is 2.67. The van der Waals surface area contributed by atoms with Gasteiger partial charge < -0.3 is 14.4 Å². The molecule has 0 bridgehead atoms. The third kappa shape index (κ3) is 15.4. The quantitative estimate of drug-likeness (QED) is 0.146. The summed E-state index contributed by atoms with van der Waals surface area (Å²) in [5.41, 5.74) is 2.10. The van der Waals surface area contributed by atoms with Crippen LogP contribution in [-0.2, 0) is 0 Å². The van der Waals surface area contributed by atoms with Crippen molar-refractivity contribution in [3.63, 3.8) is 0 Å². The monoisotopic (exact) mass is 631 g/mol. The van der Waals surface area contributed by atoms with Gasteiger partial charge in [-0.1, -0.05) is 71.3 Å². The minimum Gasteiger partial charge on any atom is -0.313 e. The van der Waals surface area contributed by atoms with Crippen LogP contribution in [0.5, 0.6) is 0 Å². The second-order valence-corrected chi connectivity index (χ2v) is 7.61. The molecule has 0 unspecified atom stereocenters. The number of ketones is 6. The summed E-state index contributed by atoms with van der Waals surface area (Å²) in [6.45, 7) is 4.54. The number of benzene rings is 3. The topological polar surface area (TPSA) is 128 Å². The van der Waals surface area contributed by atoms with Gasteiger partial charge in [0.05, 0.1) is 0 Å². The molecule has 1 radical (unpaired) electrons. The predicted octanol–water partition coefficient (Wildman–Crippen LogP) is 4.05. The molecular formula is C30H33NdO6+6. The molecule has 0 fully saturated rings. The molecule has 3 aromatic carbocycles. The SMILES string of the molecule is CC(=[OH+])[CH-]C(=[OH+])c1ccccc1.CC(=[OH+])[CH-]C(=[OH+])c1ccccc1.CC(=[OH+])[CH-]C(=[OH+])c1ccccc1.[Nd+3]. The second-order valence-electron chi connectivity index (χ2n) is 7.61. The van der Waals surface area contributed by atoms with Crippen molar-refractivity contribution in [3.05, 3.63) is 127 Å². The predicted molar refractivity (Wildman–Crippen MR) is 148 cm³/mol. The zero-order valence-electron chi connectivity index (χ0n) is 21.1. The Kier molecular flexibility index (Phi) is 17.1. The molecule has 0 aliphatic heterocycles. The number of hydrogen-bond donors (Lipinski definition) is 0. The molecule has 0 aliphatic rings. The fourth-order valence-corrected chi connectivity index (χ4v) is 2.67. The third-order valence-electron chi connectivity index (χ3n) is 4.25. The number of hydrogen-bond acceptors (Lipinski definition) is 0. The maximum absolute atomic E-state index is 9.37. The summed E-state index contributed by atoms with van der Waals surface area (Å²) in [4.78, 5) is 54.7. The van der Waals surface area contributed by atoms with Crippen molar-refractivity contribution in [1.29, 1.82) is 0 Å². The Morgan fingerprint density at radius 2 is 0.595 bits per heavy atom. The molecule has 0 heterocycles. The van der Waals surface area contributed by atoms with Crippen LogP contribution < -0.4 is 0 Å². The average Bonchev–Trinajstić information content (AvgIpc) is 2.85. The number of carbonyl (C=O) groups excluding carboxylic acids is 6. The summed E-state index contributed by atoms with van der Waals surface area (Å²) in [6.07, 6.45) is 3.94. The smallest absolute Gasteiger partial charge is 0.313 e. The molecule has 0 aliphatic carbocycles. The van der Waals surface area contributed by atoms with Gasteiger partial charge in [-0.05, 0) is 19.3 Å². The molecule has 187 valence electrons. The van der Waals surface area contributed by atoms with Gasteiger partial charge >= 0.3 is 40.8 Å². The van der Waals surface area contributed by atoms with Crippen LogP contribution in [0.25, 0.3) is 0 Å². The van der Waals surface area contributed by atoms with E-state index < -0.39 is 0 Å². The Balaban J connectivity index is 0.000000518. The molecular weight excluding hydrogens is 601 g/mol. The van der Waals surface area contributed by atoms with Crippen molar-refractivity contribution >= 4 is 34.7 Å². The van der Waals surface area contributed by atoms with E-state index in [9.17, 15) is 14.4 Å². The largest absolute Gasteiger partial charge is 3.00 e. The van der Waals surface area contributed by atoms with Gasteiger partial charge in [-0.15, -0.1) is 36.4 Å². The maximum Gasteiger partial charge on any atom is 3.00 e. The standard InChI is InChI=1S/3C10H9O2.Nd/c3*1-8(11)7-10(12)9-5-3-2-4-6-9;/h3*2-7H,1H3;/q3*-1;+3/p+6. The molecule has 0 aromatic heterocycles. The van der Waals surface area contributed by atoms with Gasteiger partial charge in [0.25, 0.3) is 0 Å². The van der Waals surface area contributed by atoms with Crippen molar-refractivity contribution in [3.8, 4) is 0 Å². The molecule has 6 N–H and O–H groups in total. The molecule has 0 saturated heterocycles. The van der Waals surface area contributed by atoms with Crippen LogP contribution in [0.15, 0.2) is 91.0 Å². The fraction of sp³-hybridized carbons (Fsp3) is 0.100. The summed E-state index contributed by atoms with van der Waals surface area (Å²) in [5, 5.41) is 0. The van der Waals surface area contributed by atoms with Crippen LogP contribution in [0, 0.1) is 60.1 Å². The van der Waals surface area contributed by atoms with Gasteiger partial charge in [0.1, 0.15) is 0 Å². The van der Waals surface area contributed by atoms with Crippen LogP contribution in [-0.4, -0.2) is 63.5 Å². The Morgan fingerprint density at radius 3 is 0.757 bits per heavy atom. The molecule has 0 saturated carbocycles. The van der Waals surface area contributed by atoms with E-state index in [-0.39, 0.29) is 75.5 Å². The van der Waals surface area contributed by atoms with Gasteiger partial charge in [0.15, 0.2) is 0 Å². The summed E-state index contributed by atoms with van der Waals surface area (Å²) >= 11 is 0. The van der Waals surface area contributed by atoms with Gasteiger partial charge in [0.2, 0.25) is 34.7 Å². The van der Waals surface area contributed by atoms with Crippen molar-refractivity contribution < 1.29 is 69.6 Å². The molecule has 0 amide bonds. The molecule has 37 heavy (non-hydrogen) atoms. The van der Waals surface area contributed by atoms with Crippen molar-refractivity contribution in [2.45, 2.75) is 20.8 Å². The second kappa shape index (κ2) is 18.8. The van der Waals surface area contributed by atoms with Gasteiger partial charge in [0, 0.05) is 20.8 Å². The first-order valence-corrected chi connectivity index (χ1v) is 11.1. The summed E-state index contributed by atoms with van der Waals surface area (Å²) in [5.74, 6) is 0.519. The van der Waals surface area contributed by atoms with E-state index in [1.807, 2.05) is 54.6 Å². The first kappa shape index (κ1) is 33.6. The first-order valence-electron chi connectivity index (χ1n) is 11.1. The average molecular weight is 634 g/mol. The summed E-state index contributed by atoms with van der Waals surface area (Å²) < 4.78 is 0. The Labute approximate surface area is 250 Å². The van der Waals surface area contributed by atoms with Gasteiger partial charge in [-0.25, -0.2) is 0 Å². The number of rotatable bonds is 9. The minimum absolute atomic E-state index is 0. The van der Waals surface area contributed by atoms with E-state index in [0.717, 1.165) is 0 Å². The third-order valence-corrected chi connectivity index (χ3v) is 4.25. The normalized spacial score (nSPS) is 8.84. The van der Waals surface area contributed by atoms with Gasteiger partial charge in [-0.2, -0.15) is 0 Å². The van der Waals surface area contributed by atoms with Crippen molar-refractivity contribution in [1.82, 2.24) is 0 Å².